The summed E-state index contributed by atoms with van der Waals surface area (Å²) >= 11 is 0. The van der Waals surface area contributed by atoms with Gasteiger partial charge in [-0.25, -0.2) is 14.4 Å². The number of hydrogen-bond donors (Lipinski definition) is 2. The van der Waals surface area contributed by atoms with Crippen molar-refractivity contribution in [2.24, 2.45) is 0 Å². The number of nitrogens with one attached hydrogen (secondary N) is 2. The van der Waals surface area contributed by atoms with Crippen LogP contribution in [-0.4, -0.2) is 50.4 Å². The molecule has 8 nitrogen and oxygen atoms in total. The highest BCUT2D eigenvalue weighted by Gasteiger charge is 2.22. The Morgan fingerprint density at radius 1 is 1.10 bits per heavy atom. The second kappa shape index (κ2) is 12.7. The number of likely N-dealkylation sites (tertiary alicyclic amines) is 1. The lowest BCUT2D eigenvalue weighted by atomic mass is 9.89. The van der Waals surface area contributed by atoms with E-state index < -0.39 is 6.67 Å². The Labute approximate surface area is 234 Å². The minimum Gasteiger partial charge on any atom is -0.323 e. The number of aryl methyl sites for hydroxylation is 1. The van der Waals surface area contributed by atoms with Gasteiger partial charge in [-0.2, -0.15) is 0 Å². The zero-order valence-electron chi connectivity index (χ0n) is 22.9. The first-order chi connectivity index (χ1) is 19.5. The van der Waals surface area contributed by atoms with E-state index in [0.717, 1.165) is 55.7 Å². The number of halogens is 1. The average Bonchev–Trinajstić information content (AvgIpc) is 2.99. The van der Waals surface area contributed by atoms with Crippen molar-refractivity contribution in [3.05, 3.63) is 89.6 Å². The van der Waals surface area contributed by atoms with Gasteiger partial charge in [0.15, 0.2) is 0 Å². The number of rotatable bonds is 9. The minimum absolute atomic E-state index is 0.341. The lowest BCUT2D eigenvalue weighted by molar-refractivity contribution is 0.102. The van der Waals surface area contributed by atoms with Gasteiger partial charge in [0.1, 0.15) is 6.67 Å². The highest BCUT2D eigenvalue weighted by Crippen LogP contribution is 2.31. The smallest absolute Gasteiger partial charge is 0.257 e. The lowest BCUT2D eigenvalue weighted by Crippen LogP contribution is -2.34. The van der Waals surface area contributed by atoms with Crippen LogP contribution in [0.1, 0.15) is 59.3 Å². The second-order valence-corrected chi connectivity index (χ2v) is 10.1. The molecule has 4 heterocycles. The standard InChI is InChI=1S/C31H34FN7O/c1-3-13-39-14-5-7-24(20-39)22-8-9-27(25(15-22)17-32)36-30(40)26-16-29(21(2)35-19-26)38-31-34-12-10-28(37-31)23-6-4-11-33-18-23/h4,6,8-12,15-16,18-19,24H,3,5,7,13-14,17,20H2,1-2H3,(H,36,40)(H,34,37,38). The Balaban J connectivity index is 1.31. The Kier molecular flexibility index (Phi) is 8.71. The summed E-state index contributed by atoms with van der Waals surface area (Å²) in [5.74, 6) is 0.387. The number of alkyl halides is 1. The molecule has 5 rings (SSSR count). The maximum Gasteiger partial charge on any atom is 0.257 e. The summed E-state index contributed by atoms with van der Waals surface area (Å²) in [6.07, 6.45) is 9.98. The van der Waals surface area contributed by atoms with Gasteiger partial charge < -0.3 is 15.5 Å². The van der Waals surface area contributed by atoms with Crippen molar-refractivity contribution in [1.29, 1.82) is 0 Å². The first-order valence-electron chi connectivity index (χ1n) is 13.7. The Morgan fingerprint density at radius 2 is 2.00 bits per heavy atom. The third kappa shape index (κ3) is 6.48. The zero-order chi connectivity index (χ0) is 27.9. The molecular weight excluding hydrogens is 505 g/mol. The summed E-state index contributed by atoms with van der Waals surface area (Å²) in [4.78, 5) is 33.1. The van der Waals surface area contributed by atoms with Crippen LogP contribution in [0, 0.1) is 6.92 Å². The predicted molar refractivity (Wildman–Crippen MR) is 155 cm³/mol. The minimum atomic E-state index is -0.654. The molecule has 2 N–H and O–H groups in total. The SMILES string of the molecule is CCCN1CCCC(c2ccc(NC(=O)c3cnc(C)c(Nc4nccc(-c5cccnc5)n4)c3)c(CF)c2)C1. The fourth-order valence-electron chi connectivity index (χ4n) is 5.14. The molecule has 9 heteroatoms. The van der Waals surface area contributed by atoms with E-state index in [1.807, 2.05) is 37.3 Å². The van der Waals surface area contributed by atoms with Crippen molar-refractivity contribution in [3.8, 4) is 11.3 Å². The number of nitrogens with zero attached hydrogens (tertiary/aromatic N) is 5. The van der Waals surface area contributed by atoms with Crippen molar-refractivity contribution in [2.45, 2.75) is 45.7 Å². The zero-order valence-corrected chi connectivity index (χ0v) is 22.9. The molecular formula is C31H34FN7O. The molecule has 1 aromatic carbocycles. The Bertz CT molecular complexity index is 1460. The average molecular weight is 540 g/mol. The summed E-state index contributed by atoms with van der Waals surface area (Å²) in [5, 5.41) is 6.05. The van der Waals surface area contributed by atoms with Crippen molar-refractivity contribution in [3.63, 3.8) is 0 Å². The highest BCUT2D eigenvalue weighted by molar-refractivity contribution is 6.05. The number of carbonyl (C=O) groups excluding carboxylic acids is 1. The van der Waals surface area contributed by atoms with E-state index in [-0.39, 0.29) is 5.91 Å². The first kappa shape index (κ1) is 27.3. The van der Waals surface area contributed by atoms with Crippen LogP contribution in [0.5, 0.6) is 0 Å². The monoisotopic (exact) mass is 539 g/mol. The van der Waals surface area contributed by atoms with Gasteiger partial charge in [0.05, 0.1) is 22.6 Å². The molecule has 1 unspecified atom stereocenters. The quantitative estimate of drug-likeness (QED) is 0.258. The summed E-state index contributed by atoms with van der Waals surface area (Å²) < 4.78 is 14.1. The number of pyridine rings is 2. The van der Waals surface area contributed by atoms with E-state index >= 15 is 0 Å². The number of aromatic nitrogens is 4. The fraction of sp³-hybridized carbons (Fsp3) is 0.323. The fourth-order valence-corrected chi connectivity index (χ4v) is 5.14. The van der Waals surface area contributed by atoms with E-state index in [4.69, 9.17) is 0 Å². The lowest BCUT2D eigenvalue weighted by Gasteiger charge is -2.33. The molecule has 1 saturated heterocycles. The Morgan fingerprint density at radius 3 is 2.80 bits per heavy atom. The molecule has 1 amide bonds. The molecule has 4 aromatic rings. The highest BCUT2D eigenvalue weighted by atomic mass is 19.1. The van der Waals surface area contributed by atoms with Crippen LogP contribution in [0.3, 0.4) is 0 Å². The van der Waals surface area contributed by atoms with Gasteiger partial charge >= 0.3 is 0 Å². The molecule has 0 radical (unpaired) electrons. The first-order valence-corrected chi connectivity index (χ1v) is 13.7. The number of anilines is 3. The van der Waals surface area contributed by atoms with Gasteiger partial charge in [0.25, 0.3) is 5.91 Å². The van der Waals surface area contributed by atoms with E-state index in [2.05, 4.69) is 42.4 Å². The summed E-state index contributed by atoms with van der Waals surface area (Å²) in [6.45, 7) is 6.58. The third-order valence-electron chi connectivity index (χ3n) is 7.25. The van der Waals surface area contributed by atoms with Gasteiger partial charge in [-0.1, -0.05) is 19.1 Å². The maximum absolute atomic E-state index is 14.1. The van der Waals surface area contributed by atoms with Crippen LogP contribution in [-0.2, 0) is 6.67 Å². The predicted octanol–water partition coefficient (Wildman–Crippen LogP) is 6.30. The normalized spacial score (nSPS) is 15.5. The molecule has 1 fully saturated rings. The number of carbonyl (C=O) groups is 1. The Hall–Kier alpha value is -4.24. The summed E-state index contributed by atoms with van der Waals surface area (Å²) in [6, 6.07) is 13.0. The molecule has 206 valence electrons. The van der Waals surface area contributed by atoms with Crippen LogP contribution in [0.4, 0.5) is 21.7 Å². The second-order valence-electron chi connectivity index (χ2n) is 10.1. The largest absolute Gasteiger partial charge is 0.323 e. The summed E-state index contributed by atoms with van der Waals surface area (Å²) in [7, 11) is 0. The molecule has 0 spiro atoms. The molecule has 1 atom stereocenters. The molecule has 0 aliphatic carbocycles. The number of benzene rings is 1. The van der Waals surface area contributed by atoms with Crippen LogP contribution in [0.25, 0.3) is 11.3 Å². The van der Waals surface area contributed by atoms with Crippen LogP contribution >= 0.6 is 0 Å². The molecule has 1 aliphatic rings. The number of piperidine rings is 1. The van der Waals surface area contributed by atoms with Gasteiger partial charge in [-0.15, -0.1) is 0 Å². The molecule has 40 heavy (non-hydrogen) atoms. The van der Waals surface area contributed by atoms with Gasteiger partial charge in [-0.3, -0.25) is 14.8 Å². The van der Waals surface area contributed by atoms with Crippen LogP contribution < -0.4 is 10.6 Å². The third-order valence-corrected chi connectivity index (χ3v) is 7.25. The maximum atomic E-state index is 14.1. The van der Waals surface area contributed by atoms with E-state index in [0.29, 0.717) is 40.1 Å². The van der Waals surface area contributed by atoms with E-state index in [1.165, 1.54) is 6.20 Å². The topological polar surface area (TPSA) is 95.9 Å². The summed E-state index contributed by atoms with van der Waals surface area (Å²) in [5.41, 5.74) is 5.30. The van der Waals surface area contributed by atoms with Crippen LogP contribution in [0.15, 0.2) is 67.3 Å². The van der Waals surface area contributed by atoms with E-state index in [1.54, 1.807) is 30.7 Å². The van der Waals surface area contributed by atoms with Crippen molar-refractivity contribution in [2.75, 3.05) is 30.3 Å². The molecule has 1 aliphatic heterocycles. The number of amides is 1. The molecule has 3 aromatic heterocycles. The van der Waals surface area contributed by atoms with Gasteiger partial charge in [0.2, 0.25) is 5.95 Å². The number of hydrogen-bond acceptors (Lipinski definition) is 7. The van der Waals surface area contributed by atoms with Crippen molar-refractivity contribution < 1.29 is 9.18 Å². The van der Waals surface area contributed by atoms with Gasteiger partial charge in [-0.05, 0) is 81.1 Å². The van der Waals surface area contributed by atoms with Crippen molar-refractivity contribution in [1.82, 2.24) is 24.8 Å². The van der Waals surface area contributed by atoms with Crippen molar-refractivity contribution >= 4 is 23.2 Å². The van der Waals surface area contributed by atoms with E-state index in [9.17, 15) is 9.18 Å². The van der Waals surface area contributed by atoms with Gasteiger partial charge in [0, 0.05) is 48.1 Å². The van der Waals surface area contributed by atoms with Crippen LogP contribution in [0.2, 0.25) is 0 Å². The molecule has 0 bridgehead atoms. The molecule has 0 saturated carbocycles.